The second-order valence-electron chi connectivity index (χ2n) is 7.80. The van der Waals surface area contributed by atoms with Crippen LogP contribution in [0.4, 0.5) is 0 Å². The van der Waals surface area contributed by atoms with Crippen molar-refractivity contribution in [3.05, 3.63) is 59.2 Å². The van der Waals surface area contributed by atoms with E-state index < -0.39 is 5.97 Å². The van der Waals surface area contributed by atoms with Crippen LogP contribution in [-0.4, -0.2) is 38.7 Å². The fraction of sp³-hybridized carbons (Fsp3) is 0.417. The summed E-state index contributed by atoms with van der Waals surface area (Å²) in [7, 11) is 3.15. The molecule has 3 rings (SSSR count). The molecule has 0 saturated heterocycles. The highest BCUT2D eigenvalue weighted by Crippen LogP contribution is 2.27. The Morgan fingerprint density at radius 1 is 1.03 bits per heavy atom. The predicted molar refractivity (Wildman–Crippen MR) is 117 cm³/mol. The summed E-state index contributed by atoms with van der Waals surface area (Å²) in [5, 5.41) is 7.67. The monoisotopic (exact) mass is 410 g/mol. The highest BCUT2D eigenvalue weighted by atomic mass is 16.5. The SMILES string of the molecule is COC(=O)c1cc(COCC2CCC(OC)CC2)cc(-c2cccc(C(=N)N)c2)c1. The van der Waals surface area contributed by atoms with E-state index in [1.165, 1.54) is 7.11 Å². The minimum atomic E-state index is -0.390. The Bertz CT molecular complexity index is 889. The summed E-state index contributed by atoms with van der Waals surface area (Å²) in [6.45, 7) is 1.13. The molecule has 0 aromatic heterocycles. The minimum absolute atomic E-state index is 0.00715. The van der Waals surface area contributed by atoms with Crippen molar-refractivity contribution >= 4 is 11.8 Å². The zero-order valence-corrected chi connectivity index (χ0v) is 17.6. The Hall–Kier alpha value is -2.70. The van der Waals surface area contributed by atoms with E-state index in [-0.39, 0.29) is 5.84 Å². The maximum atomic E-state index is 12.2. The Morgan fingerprint density at radius 3 is 2.43 bits per heavy atom. The number of rotatable bonds is 8. The maximum Gasteiger partial charge on any atom is 0.337 e. The summed E-state index contributed by atoms with van der Waals surface area (Å²) < 4.78 is 16.4. The van der Waals surface area contributed by atoms with Crippen molar-refractivity contribution in [2.24, 2.45) is 11.7 Å². The Balaban J connectivity index is 1.74. The van der Waals surface area contributed by atoms with E-state index in [9.17, 15) is 4.79 Å². The first-order valence-corrected chi connectivity index (χ1v) is 10.3. The lowest BCUT2D eigenvalue weighted by Crippen LogP contribution is -2.23. The van der Waals surface area contributed by atoms with Gasteiger partial charge < -0.3 is 19.9 Å². The molecular weight excluding hydrogens is 380 g/mol. The second kappa shape index (κ2) is 10.4. The minimum Gasteiger partial charge on any atom is -0.465 e. The molecule has 0 radical (unpaired) electrons. The summed E-state index contributed by atoms with van der Waals surface area (Å²) in [5.41, 5.74) is 9.39. The lowest BCUT2D eigenvalue weighted by Gasteiger charge is -2.27. The standard InChI is InChI=1S/C24H30N2O4/c1-28-22-8-6-16(7-9-22)14-30-15-17-10-20(13-21(11-17)24(27)29-2)18-4-3-5-19(12-18)23(25)26/h3-5,10-13,16,22H,6-9,14-15H2,1-2H3,(H3,25,26). The topological polar surface area (TPSA) is 94.6 Å². The zero-order chi connectivity index (χ0) is 21.5. The van der Waals surface area contributed by atoms with Gasteiger partial charge in [0.15, 0.2) is 0 Å². The van der Waals surface area contributed by atoms with Crippen molar-refractivity contribution in [3.8, 4) is 11.1 Å². The van der Waals surface area contributed by atoms with Crippen molar-refractivity contribution in [3.63, 3.8) is 0 Å². The van der Waals surface area contributed by atoms with Crippen molar-refractivity contribution in [2.45, 2.75) is 38.4 Å². The van der Waals surface area contributed by atoms with Crippen LogP contribution in [0.5, 0.6) is 0 Å². The van der Waals surface area contributed by atoms with E-state index >= 15 is 0 Å². The van der Waals surface area contributed by atoms with Gasteiger partial charge in [-0.25, -0.2) is 4.79 Å². The lowest BCUT2D eigenvalue weighted by molar-refractivity contribution is 0.0241. The Kier molecular flexibility index (Phi) is 7.60. The molecule has 30 heavy (non-hydrogen) atoms. The van der Waals surface area contributed by atoms with Gasteiger partial charge in [0.25, 0.3) is 0 Å². The average molecular weight is 411 g/mol. The summed E-state index contributed by atoms with van der Waals surface area (Å²) in [5.74, 6) is 0.165. The first kappa shape index (κ1) is 22.0. The van der Waals surface area contributed by atoms with E-state index in [2.05, 4.69) is 0 Å². The second-order valence-corrected chi connectivity index (χ2v) is 7.80. The van der Waals surface area contributed by atoms with Crippen LogP contribution < -0.4 is 5.73 Å². The molecule has 6 nitrogen and oxygen atoms in total. The van der Waals surface area contributed by atoms with Gasteiger partial charge in [-0.3, -0.25) is 5.41 Å². The predicted octanol–water partition coefficient (Wildman–Crippen LogP) is 4.15. The molecule has 0 atom stereocenters. The number of carbonyl (C=O) groups is 1. The quantitative estimate of drug-likeness (QED) is 0.387. The van der Waals surface area contributed by atoms with Gasteiger partial charge in [-0.15, -0.1) is 0 Å². The van der Waals surface area contributed by atoms with Crippen LogP contribution in [0.15, 0.2) is 42.5 Å². The molecule has 0 unspecified atom stereocenters. The van der Waals surface area contributed by atoms with E-state index in [1.54, 1.807) is 19.2 Å². The van der Waals surface area contributed by atoms with Crippen molar-refractivity contribution in [2.75, 3.05) is 20.8 Å². The number of benzene rings is 2. The molecule has 1 fully saturated rings. The van der Waals surface area contributed by atoms with E-state index in [4.69, 9.17) is 25.4 Å². The smallest absolute Gasteiger partial charge is 0.337 e. The number of nitrogens with two attached hydrogens (primary N) is 1. The van der Waals surface area contributed by atoms with Crippen LogP contribution in [0.1, 0.15) is 47.2 Å². The van der Waals surface area contributed by atoms with Crippen LogP contribution in [-0.2, 0) is 20.8 Å². The van der Waals surface area contributed by atoms with E-state index in [1.807, 2.05) is 30.3 Å². The van der Waals surface area contributed by atoms with Gasteiger partial charge in [0.1, 0.15) is 5.84 Å². The molecule has 2 aromatic rings. The van der Waals surface area contributed by atoms with Gasteiger partial charge in [-0.05, 0) is 72.6 Å². The largest absolute Gasteiger partial charge is 0.465 e. The molecule has 3 N–H and O–H groups in total. The fourth-order valence-corrected chi connectivity index (χ4v) is 3.92. The molecule has 6 heteroatoms. The molecular formula is C24H30N2O4. The van der Waals surface area contributed by atoms with Gasteiger partial charge in [-0.2, -0.15) is 0 Å². The van der Waals surface area contributed by atoms with Gasteiger partial charge in [0, 0.05) is 19.3 Å². The molecule has 1 aliphatic rings. The van der Waals surface area contributed by atoms with Crippen molar-refractivity contribution < 1.29 is 19.0 Å². The molecule has 1 aliphatic carbocycles. The highest BCUT2D eigenvalue weighted by molar-refractivity contribution is 5.96. The average Bonchev–Trinajstić information content (AvgIpc) is 2.78. The van der Waals surface area contributed by atoms with Crippen LogP contribution in [0.2, 0.25) is 0 Å². The molecule has 1 saturated carbocycles. The van der Waals surface area contributed by atoms with Gasteiger partial charge in [0.05, 0.1) is 25.4 Å². The van der Waals surface area contributed by atoms with Crippen LogP contribution in [0.25, 0.3) is 11.1 Å². The van der Waals surface area contributed by atoms with Gasteiger partial charge in [-0.1, -0.05) is 18.2 Å². The van der Waals surface area contributed by atoms with Crippen molar-refractivity contribution in [1.29, 1.82) is 5.41 Å². The first-order valence-electron chi connectivity index (χ1n) is 10.3. The van der Waals surface area contributed by atoms with Crippen molar-refractivity contribution in [1.82, 2.24) is 0 Å². The number of esters is 1. The normalized spacial score (nSPS) is 18.7. The fourth-order valence-electron chi connectivity index (χ4n) is 3.92. The Morgan fingerprint density at radius 2 is 1.77 bits per heavy atom. The third-order valence-corrected chi connectivity index (χ3v) is 5.67. The number of methoxy groups -OCH3 is 2. The maximum absolute atomic E-state index is 12.2. The number of hydrogen-bond acceptors (Lipinski definition) is 5. The summed E-state index contributed by atoms with van der Waals surface area (Å²) in [6, 6.07) is 13.0. The molecule has 2 aromatic carbocycles. The highest BCUT2D eigenvalue weighted by Gasteiger charge is 2.21. The molecule has 160 valence electrons. The number of nitrogens with one attached hydrogen (secondary N) is 1. The van der Waals surface area contributed by atoms with Crippen LogP contribution in [0.3, 0.4) is 0 Å². The lowest BCUT2D eigenvalue weighted by atomic mass is 9.88. The van der Waals surface area contributed by atoms with Gasteiger partial charge in [0.2, 0.25) is 0 Å². The number of carbonyl (C=O) groups excluding carboxylic acids is 1. The number of amidine groups is 1. The summed E-state index contributed by atoms with van der Waals surface area (Å²) >= 11 is 0. The summed E-state index contributed by atoms with van der Waals surface area (Å²) in [6.07, 6.45) is 4.78. The molecule has 0 bridgehead atoms. The van der Waals surface area contributed by atoms with E-state index in [0.29, 0.717) is 36.4 Å². The first-order chi connectivity index (χ1) is 14.5. The zero-order valence-electron chi connectivity index (χ0n) is 17.6. The number of nitrogen functional groups attached to an aromatic ring is 1. The molecule has 0 spiro atoms. The molecule has 0 amide bonds. The Labute approximate surface area is 177 Å². The number of hydrogen-bond donors (Lipinski definition) is 2. The molecule has 0 heterocycles. The third-order valence-electron chi connectivity index (χ3n) is 5.67. The molecule has 0 aliphatic heterocycles. The van der Waals surface area contributed by atoms with Crippen LogP contribution in [0, 0.1) is 11.3 Å². The van der Waals surface area contributed by atoms with E-state index in [0.717, 1.165) is 42.4 Å². The van der Waals surface area contributed by atoms with Gasteiger partial charge >= 0.3 is 5.97 Å². The number of ether oxygens (including phenoxy) is 3. The van der Waals surface area contributed by atoms with Crippen LogP contribution >= 0.6 is 0 Å². The third kappa shape index (κ3) is 5.68. The summed E-state index contributed by atoms with van der Waals surface area (Å²) in [4.78, 5) is 12.2.